The molecule has 0 bridgehead atoms. The van der Waals surface area contributed by atoms with Gasteiger partial charge >= 0.3 is 0 Å². The average Bonchev–Trinajstić information content (AvgIpc) is 3.96. The number of aromatic nitrogens is 1. The number of furan rings is 2. The Balaban J connectivity index is 1.03. The molecular weight excluding hydrogens is 685 g/mol. The molecule has 0 N–H and O–H groups in total. The Kier molecular flexibility index (Phi) is 6.60. The summed E-state index contributed by atoms with van der Waals surface area (Å²) < 4.78 is 15.2. The van der Waals surface area contributed by atoms with Gasteiger partial charge < -0.3 is 18.3 Å². The summed E-state index contributed by atoms with van der Waals surface area (Å²) in [6.45, 7) is 0. The molecule has 0 aliphatic heterocycles. The molecule has 0 saturated heterocycles. The molecule has 4 nitrogen and oxygen atoms in total. The molecule has 0 amide bonds. The number of rotatable bonds is 5. The molecule has 0 radical (unpaired) electrons. The Morgan fingerprint density at radius 2 is 0.875 bits per heavy atom. The van der Waals surface area contributed by atoms with Gasteiger partial charge in [-0.3, -0.25) is 0 Å². The van der Waals surface area contributed by atoms with Crippen molar-refractivity contribution < 1.29 is 8.83 Å². The first-order valence-corrected chi connectivity index (χ1v) is 19.0. The number of nitrogens with zero attached hydrogens (tertiary/aromatic N) is 2. The van der Waals surface area contributed by atoms with Crippen LogP contribution >= 0.6 is 0 Å². The Labute approximate surface area is 321 Å². The van der Waals surface area contributed by atoms with E-state index >= 15 is 0 Å². The van der Waals surface area contributed by atoms with Crippen molar-refractivity contribution in [2.24, 2.45) is 0 Å². The summed E-state index contributed by atoms with van der Waals surface area (Å²) in [4.78, 5) is 2.35. The SMILES string of the molecule is c1ccc(-n2c(-c3ccc(N(c4ccc5c(ccc6c7ccccc7oc56)c4)c4ccc5c(ccc6c7ccccc7oc56)c4)cc3)cc3ccccc32)cc1. The Bertz CT molecular complexity index is 3330. The minimum absolute atomic E-state index is 0.904. The monoisotopic (exact) mass is 716 g/mol. The molecule has 56 heavy (non-hydrogen) atoms. The zero-order valence-electron chi connectivity index (χ0n) is 30.2. The van der Waals surface area contributed by atoms with E-state index in [-0.39, 0.29) is 0 Å². The Morgan fingerprint density at radius 1 is 0.357 bits per heavy atom. The van der Waals surface area contributed by atoms with E-state index in [4.69, 9.17) is 8.83 Å². The van der Waals surface area contributed by atoms with Gasteiger partial charge in [0.25, 0.3) is 0 Å². The number of hydrogen-bond donors (Lipinski definition) is 0. The molecule has 0 aliphatic carbocycles. The lowest BCUT2D eigenvalue weighted by atomic mass is 10.0. The summed E-state index contributed by atoms with van der Waals surface area (Å²) in [5.41, 5.74) is 11.4. The van der Waals surface area contributed by atoms with Crippen molar-refractivity contribution in [3.63, 3.8) is 0 Å². The van der Waals surface area contributed by atoms with Crippen LogP contribution < -0.4 is 4.90 Å². The van der Waals surface area contributed by atoms with E-state index < -0.39 is 0 Å². The molecule has 3 aromatic heterocycles. The van der Waals surface area contributed by atoms with Crippen LogP contribution in [0.1, 0.15) is 0 Å². The van der Waals surface area contributed by atoms with Gasteiger partial charge in [0, 0.05) is 60.5 Å². The van der Waals surface area contributed by atoms with E-state index in [0.29, 0.717) is 0 Å². The highest BCUT2D eigenvalue weighted by Crippen LogP contribution is 2.43. The topological polar surface area (TPSA) is 34.5 Å². The van der Waals surface area contributed by atoms with Crippen LogP contribution in [0.25, 0.3) is 93.3 Å². The maximum Gasteiger partial charge on any atom is 0.143 e. The first-order chi connectivity index (χ1) is 27.7. The van der Waals surface area contributed by atoms with Crippen molar-refractivity contribution in [3.05, 3.63) is 194 Å². The number of benzene rings is 9. The lowest BCUT2D eigenvalue weighted by Crippen LogP contribution is -2.10. The van der Waals surface area contributed by atoms with Crippen molar-refractivity contribution in [1.82, 2.24) is 4.57 Å². The molecule has 3 heterocycles. The van der Waals surface area contributed by atoms with E-state index in [1.807, 2.05) is 24.3 Å². The molecule has 4 heteroatoms. The predicted molar refractivity (Wildman–Crippen MR) is 233 cm³/mol. The summed E-state index contributed by atoms with van der Waals surface area (Å²) in [5, 5.41) is 10.2. The normalized spacial score (nSPS) is 11.9. The first-order valence-electron chi connectivity index (χ1n) is 19.0. The van der Waals surface area contributed by atoms with Gasteiger partial charge in [0.2, 0.25) is 0 Å². The van der Waals surface area contributed by atoms with Crippen LogP contribution in [0.15, 0.2) is 203 Å². The standard InChI is InChI=1S/C52H32N2O2/c1-2-11-37(12-3-1)54-47-15-7-4-10-36(47)32-48(54)33-18-22-38(23-19-33)53(39-24-28-41-34(30-39)20-26-45-43-13-5-8-16-49(43)55-51(41)45)40-25-29-42-35(31-40)21-27-46-44-14-6-9-17-50(44)56-52(42)46/h1-32H. The van der Waals surface area contributed by atoms with Gasteiger partial charge in [-0.15, -0.1) is 0 Å². The maximum atomic E-state index is 6.43. The highest BCUT2D eigenvalue weighted by molar-refractivity contribution is 6.17. The van der Waals surface area contributed by atoms with E-state index in [1.54, 1.807) is 0 Å². The van der Waals surface area contributed by atoms with Gasteiger partial charge in [-0.25, -0.2) is 0 Å². The van der Waals surface area contributed by atoms with Crippen LogP contribution in [0.4, 0.5) is 17.1 Å². The third-order valence-corrected chi connectivity index (χ3v) is 11.3. The van der Waals surface area contributed by atoms with Gasteiger partial charge in [0.1, 0.15) is 22.3 Å². The molecule has 0 aliphatic rings. The van der Waals surface area contributed by atoms with E-state index in [9.17, 15) is 0 Å². The fourth-order valence-electron chi connectivity index (χ4n) is 8.73. The molecule has 0 saturated carbocycles. The van der Waals surface area contributed by atoms with Crippen LogP contribution in [-0.2, 0) is 0 Å². The molecule has 12 rings (SSSR count). The fourth-order valence-corrected chi connectivity index (χ4v) is 8.73. The minimum Gasteiger partial charge on any atom is -0.455 e. The summed E-state index contributed by atoms with van der Waals surface area (Å²) in [5.74, 6) is 0. The van der Waals surface area contributed by atoms with Gasteiger partial charge in [-0.05, 0) is 113 Å². The first kappa shape index (κ1) is 30.9. The average molecular weight is 717 g/mol. The van der Waals surface area contributed by atoms with Crippen LogP contribution in [0.5, 0.6) is 0 Å². The van der Waals surface area contributed by atoms with Crippen LogP contribution in [0.2, 0.25) is 0 Å². The smallest absolute Gasteiger partial charge is 0.143 e. The van der Waals surface area contributed by atoms with E-state index in [0.717, 1.165) is 99.4 Å². The predicted octanol–water partition coefficient (Wildman–Crippen LogP) is 14.9. The Morgan fingerprint density at radius 3 is 1.50 bits per heavy atom. The third kappa shape index (κ3) is 4.66. The largest absolute Gasteiger partial charge is 0.455 e. The molecule has 262 valence electrons. The Hall–Kier alpha value is -7.56. The summed E-state index contributed by atoms with van der Waals surface area (Å²) in [6.07, 6.45) is 0. The zero-order valence-corrected chi connectivity index (χ0v) is 30.2. The quantitative estimate of drug-likeness (QED) is 0.178. The van der Waals surface area contributed by atoms with Gasteiger partial charge in [0.05, 0.1) is 11.2 Å². The maximum absolute atomic E-state index is 6.43. The highest BCUT2D eigenvalue weighted by Gasteiger charge is 2.19. The zero-order chi connectivity index (χ0) is 36.7. The van der Waals surface area contributed by atoms with Crippen molar-refractivity contribution in [1.29, 1.82) is 0 Å². The molecule has 0 fully saturated rings. The molecule has 0 unspecified atom stereocenters. The minimum atomic E-state index is 0.904. The van der Waals surface area contributed by atoms with Crippen molar-refractivity contribution in [3.8, 4) is 16.9 Å². The molecule has 9 aromatic carbocycles. The highest BCUT2D eigenvalue weighted by atomic mass is 16.3. The lowest BCUT2D eigenvalue weighted by molar-refractivity contribution is 0.672. The number of hydrogen-bond acceptors (Lipinski definition) is 3. The number of para-hydroxylation sites is 4. The van der Waals surface area contributed by atoms with Crippen LogP contribution in [0.3, 0.4) is 0 Å². The van der Waals surface area contributed by atoms with Crippen LogP contribution in [-0.4, -0.2) is 4.57 Å². The van der Waals surface area contributed by atoms with Gasteiger partial charge in [0.15, 0.2) is 0 Å². The van der Waals surface area contributed by atoms with Gasteiger partial charge in [-0.1, -0.05) is 97.1 Å². The summed E-state index contributed by atoms with van der Waals surface area (Å²) >= 11 is 0. The second-order valence-corrected chi connectivity index (χ2v) is 14.5. The van der Waals surface area contributed by atoms with Crippen molar-refractivity contribution >= 4 is 93.4 Å². The van der Waals surface area contributed by atoms with E-state index in [1.165, 1.54) is 10.9 Å². The number of fused-ring (bicyclic) bond motifs is 11. The second-order valence-electron chi connectivity index (χ2n) is 14.5. The van der Waals surface area contributed by atoms with E-state index in [2.05, 4.69) is 179 Å². The van der Waals surface area contributed by atoms with Crippen molar-refractivity contribution in [2.75, 3.05) is 4.90 Å². The summed E-state index contributed by atoms with van der Waals surface area (Å²) in [7, 11) is 0. The molecule has 0 atom stereocenters. The second kappa shape index (κ2) is 12.0. The lowest BCUT2D eigenvalue weighted by Gasteiger charge is -2.26. The third-order valence-electron chi connectivity index (χ3n) is 11.3. The van der Waals surface area contributed by atoms with Gasteiger partial charge in [-0.2, -0.15) is 0 Å². The molecule has 12 aromatic rings. The fraction of sp³-hybridized carbons (Fsp3) is 0. The molecular formula is C52H32N2O2. The van der Waals surface area contributed by atoms with Crippen LogP contribution in [0, 0.1) is 0 Å². The van der Waals surface area contributed by atoms with Crippen molar-refractivity contribution in [2.45, 2.75) is 0 Å². The summed E-state index contributed by atoms with van der Waals surface area (Å²) in [6, 6.07) is 69.2. The molecule has 0 spiro atoms. The number of anilines is 3.